The molecule has 4 aromatic heterocycles. The lowest BCUT2D eigenvalue weighted by Crippen LogP contribution is -2.31. The van der Waals surface area contributed by atoms with Crippen molar-refractivity contribution in [2.45, 2.75) is 45.6 Å². The highest BCUT2D eigenvalue weighted by molar-refractivity contribution is 5.79. The number of nitrogens with one attached hydrogen (secondary N) is 2. The maximum atomic E-state index is 12.6. The van der Waals surface area contributed by atoms with Crippen molar-refractivity contribution in [1.29, 1.82) is 0 Å². The maximum Gasteiger partial charge on any atom is 0.223 e. The third-order valence-electron chi connectivity index (χ3n) is 5.85. The predicted octanol–water partition coefficient (Wildman–Crippen LogP) is 3.69. The van der Waals surface area contributed by atoms with E-state index >= 15 is 0 Å². The summed E-state index contributed by atoms with van der Waals surface area (Å²) in [6.45, 7) is 2.33. The summed E-state index contributed by atoms with van der Waals surface area (Å²) in [5.41, 5.74) is 5.01. The molecular weight excluding hydrogens is 390 g/mol. The van der Waals surface area contributed by atoms with Gasteiger partial charge in [0.25, 0.3) is 0 Å². The zero-order valence-corrected chi connectivity index (χ0v) is 17.5. The first-order chi connectivity index (χ1) is 15.2. The summed E-state index contributed by atoms with van der Waals surface area (Å²) in [6.07, 6.45) is 8.89. The molecule has 0 saturated heterocycles. The molecule has 0 radical (unpaired) electrons. The standard InChI is InChI=1S/C23H25N7O/c1-15-6-5-9-18(27-15)22-21(17-10-11-20-25-14-26-30(20)13-17)28-19(29-22)12-24-23(31)16-7-3-2-4-8-16/h5-6,9-11,13-14,16H,2-4,7-8,12H2,1H3,(H,24,31)(H,28,29). The quantitative estimate of drug-likeness (QED) is 0.518. The van der Waals surface area contributed by atoms with E-state index in [0.717, 1.165) is 59.7 Å². The van der Waals surface area contributed by atoms with Crippen molar-refractivity contribution in [2.75, 3.05) is 0 Å². The summed E-state index contributed by atoms with van der Waals surface area (Å²) >= 11 is 0. The molecule has 4 heterocycles. The number of fused-ring (bicyclic) bond motifs is 1. The van der Waals surface area contributed by atoms with Gasteiger partial charge in [-0.3, -0.25) is 9.78 Å². The molecule has 0 aliphatic heterocycles. The van der Waals surface area contributed by atoms with E-state index in [-0.39, 0.29) is 11.8 Å². The molecule has 4 aromatic rings. The summed E-state index contributed by atoms with van der Waals surface area (Å²) in [5.74, 6) is 0.948. The Hall–Kier alpha value is -3.55. The van der Waals surface area contributed by atoms with Crippen molar-refractivity contribution in [3.63, 3.8) is 0 Å². The van der Waals surface area contributed by atoms with Crippen LogP contribution in [0.1, 0.15) is 43.6 Å². The lowest BCUT2D eigenvalue weighted by Gasteiger charge is -2.20. The molecule has 8 heteroatoms. The second kappa shape index (κ2) is 8.29. The highest BCUT2D eigenvalue weighted by atomic mass is 16.1. The Morgan fingerprint density at radius 2 is 2.03 bits per heavy atom. The van der Waals surface area contributed by atoms with Crippen molar-refractivity contribution < 1.29 is 4.79 Å². The maximum absolute atomic E-state index is 12.6. The number of hydrogen-bond donors (Lipinski definition) is 2. The number of imidazole rings is 1. The van der Waals surface area contributed by atoms with Gasteiger partial charge < -0.3 is 10.3 Å². The minimum atomic E-state index is 0.121. The van der Waals surface area contributed by atoms with E-state index in [1.165, 1.54) is 12.7 Å². The van der Waals surface area contributed by atoms with Crippen LogP contribution in [0.3, 0.4) is 0 Å². The number of aromatic amines is 1. The number of H-pyrrole nitrogens is 1. The Kier molecular flexibility index (Phi) is 5.19. The summed E-state index contributed by atoms with van der Waals surface area (Å²) < 4.78 is 1.72. The number of amides is 1. The van der Waals surface area contributed by atoms with Gasteiger partial charge in [-0.25, -0.2) is 14.5 Å². The van der Waals surface area contributed by atoms with E-state index in [1.54, 1.807) is 4.52 Å². The number of carbonyl (C=O) groups is 1. The average molecular weight is 416 g/mol. The first kappa shape index (κ1) is 19.4. The van der Waals surface area contributed by atoms with Crippen LogP contribution >= 0.6 is 0 Å². The van der Waals surface area contributed by atoms with E-state index < -0.39 is 0 Å². The molecule has 5 rings (SSSR count). The highest BCUT2D eigenvalue weighted by Crippen LogP contribution is 2.29. The van der Waals surface area contributed by atoms with Crippen molar-refractivity contribution in [1.82, 2.24) is 34.9 Å². The van der Waals surface area contributed by atoms with Crippen LogP contribution < -0.4 is 5.32 Å². The Balaban J connectivity index is 1.46. The van der Waals surface area contributed by atoms with Crippen LogP contribution in [-0.4, -0.2) is 35.5 Å². The number of hydrogen-bond acceptors (Lipinski definition) is 5. The largest absolute Gasteiger partial charge is 0.349 e. The molecule has 8 nitrogen and oxygen atoms in total. The molecule has 0 aromatic carbocycles. The molecule has 31 heavy (non-hydrogen) atoms. The van der Waals surface area contributed by atoms with Crippen LogP contribution in [0.5, 0.6) is 0 Å². The summed E-state index contributed by atoms with van der Waals surface area (Å²) in [7, 11) is 0. The molecular formula is C23H25N7O. The van der Waals surface area contributed by atoms with Crippen LogP contribution in [-0.2, 0) is 11.3 Å². The molecule has 158 valence electrons. The molecule has 0 spiro atoms. The molecule has 1 aliphatic carbocycles. The minimum Gasteiger partial charge on any atom is -0.349 e. The van der Waals surface area contributed by atoms with Crippen LogP contribution in [0.25, 0.3) is 28.3 Å². The lowest BCUT2D eigenvalue weighted by atomic mass is 9.89. The van der Waals surface area contributed by atoms with Gasteiger partial charge in [-0.15, -0.1) is 0 Å². The molecule has 1 amide bonds. The number of nitrogens with zero attached hydrogens (tertiary/aromatic N) is 5. The normalized spacial score (nSPS) is 14.7. The number of aromatic nitrogens is 6. The highest BCUT2D eigenvalue weighted by Gasteiger charge is 2.22. The number of pyridine rings is 2. The monoisotopic (exact) mass is 415 g/mol. The molecule has 2 N–H and O–H groups in total. The Labute approximate surface area is 180 Å². The average Bonchev–Trinajstić information content (AvgIpc) is 3.44. The first-order valence-electron chi connectivity index (χ1n) is 10.8. The zero-order chi connectivity index (χ0) is 21.2. The summed E-state index contributed by atoms with van der Waals surface area (Å²) in [4.78, 5) is 29.7. The van der Waals surface area contributed by atoms with Crippen LogP contribution in [0.15, 0.2) is 42.9 Å². The van der Waals surface area contributed by atoms with E-state index in [2.05, 4.69) is 25.4 Å². The second-order valence-corrected chi connectivity index (χ2v) is 8.10. The van der Waals surface area contributed by atoms with Crippen molar-refractivity contribution in [2.24, 2.45) is 5.92 Å². The van der Waals surface area contributed by atoms with E-state index in [0.29, 0.717) is 12.4 Å². The van der Waals surface area contributed by atoms with Gasteiger partial charge in [0.1, 0.15) is 12.2 Å². The smallest absolute Gasteiger partial charge is 0.223 e. The van der Waals surface area contributed by atoms with Gasteiger partial charge in [0.05, 0.1) is 23.6 Å². The molecule has 1 fully saturated rings. The molecule has 1 aliphatic rings. The Morgan fingerprint density at radius 1 is 1.16 bits per heavy atom. The summed E-state index contributed by atoms with van der Waals surface area (Å²) in [5, 5.41) is 7.30. The molecule has 0 unspecified atom stereocenters. The predicted molar refractivity (Wildman–Crippen MR) is 117 cm³/mol. The Morgan fingerprint density at radius 3 is 2.87 bits per heavy atom. The lowest BCUT2D eigenvalue weighted by molar-refractivity contribution is -0.126. The minimum absolute atomic E-state index is 0.121. The topological polar surface area (TPSA) is 101 Å². The van der Waals surface area contributed by atoms with Crippen molar-refractivity contribution in [3.8, 4) is 22.6 Å². The van der Waals surface area contributed by atoms with Gasteiger partial charge in [0.2, 0.25) is 5.91 Å². The van der Waals surface area contributed by atoms with Gasteiger partial charge in [-0.1, -0.05) is 25.3 Å². The fraction of sp³-hybridized carbons (Fsp3) is 0.348. The van der Waals surface area contributed by atoms with Crippen LogP contribution in [0.2, 0.25) is 0 Å². The molecule has 1 saturated carbocycles. The van der Waals surface area contributed by atoms with Crippen molar-refractivity contribution in [3.05, 3.63) is 54.4 Å². The third-order valence-corrected chi connectivity index (χ3v) is 5.85. The van der Waals surface area contributed by atoms with Crippen molar-refractivity contribution >= 4 is 11.6 Å². The van der Waals surface area contributed by atoms with E-state index in [4.69, 9.17) is 4.98 Å². The Bertz CT molecular complexity index is 1220. The number of rotatable bonds is 5. The SMILES string of the molecule is Cc1cccc(-c2[nH]c(CNC(=O)C3CCCCC3)nc2-c2ccc3ncnn3c2)n1. The first-order valence-corrected chi connectivity index (χ1v) is 10.8. The fourth-order valence-electron chi connectivity index (χ4n) is 4.22. The number of carbonyl (C=O) groups excluding carboxylic acids is 1. The fourth-order valence-corrected chi connectivity index (χ4v) is 4.22. The van der Waals surface area contributed by atoms with Crippen LogP contribution in [0.4, 0.5) is 0 Å². The van der Waals surface area contributed by atoms with Gasteiger partial charge in [0, 0.05) is 23.4 Å². The van der Waals surface area contributed by atoms with E-state index in [9.17, 15) is 4.79 Å². The molecule has 0 atom stereocenters. The van der Waals surface area contributed by atoms with Crippen LogP contribution in [0, 0.1) is 12.8 Å². The van der Waals surface area contributed by atoms with Gasteiger partial charge in [0.15, 0.2) is 5.65 Å². The van der Waals surface area contributed by atoms with Gasteiger partial charge in [-0.2, -0.15) is 5.10 Å². The number of aryl methyl sites for hydroxylation is 1. The molecule has 0 bridgehead atoms. The third kappa shape index (κ3) is 4.05. The van der Waals surface area contributed by atoms with E-state index in [1.807, 2.05) is 43.5 Å². The van der Waals surface area contributed by atoms with Gasteiger partial charge in [-0.05, 0) is 44.0 Å². The second-order valence-electron chi connectivity index (χ2n) is 8.10. The summed E-state index contributed by atoms with van der Waals surface area (Å²) in [6, 6.07) is 9.79. The zero-order valence-electron chi connectivity index (χ0n) is 17.5. The van der Waals surface area contributed by atoms with Gasteiger partial charge >= 0.3 is 0 Å².